The van der Waals surface area contributed by atoms with Crippen LogP contribution < -0.4 is 14.3 Å². The highest BCUT2D eigenvalue weighted by Gasteiger charge is 2.14. The van der Waals surface area contributed by atoms with Gasteiger partial charge in [-0.2, -0.15) is 4.99 Å². The van der Waals surface area contributed by atoms with Crippen LogP contribution in [0.4, 0.5) is 0 Å². The van der Waals surface area contributed by atoms with Gasteiger partial charge in [-0.1, -0.05) is 11.3 Å². The van der Waals surface area contributed by atoms with E-state index < -0.39 is 5.91 Å². The molecule has 0 saturated carbocycles. The molecule has 0 bridgehead atoms. The summed E-state index contributed by atoms with van der Waals surface area (Å²) in [6, 6.07) is 12.4. The molecule has 1 aromatic heterocycles. The quantitative estimate of drug-likeness (QED) is 0.510. The van der Waals surface area contributed by atoms with Gasteiger partial charge in [0.05, 0.1) is 30.0 Å². The average Bonchev–Trinajstić information content (AvgIpc) is 3.05. The van der Waals surface area contributed by atoms with Crippen molar-refractivity contribution in [1.29, 1.82) is 0 Å². The van der Waals surface area contributed by atoms with Crippen LogP contribution in [-0.4, -0.2) is 36.3 Å². The molecule has 8 heteroatoms. The van der Waals surface area contributed by atoms with Gasteiger partial charge in [-0.25, -0.2) is 0 Å². The first kappa shape index (κ1) is 21.6. The highest BCUT2D eigenvalue weighted by molar-refractivity contribution is 7.16. The largest absolute Gasteiger partial charge is 0.494 e. The predicted molar refractivity (Wildman–Crippen MR) is 115 cm³/mol. The summed E-state index contributed by atoms with van der Waals surface area (Å²) in [5.74, 6) is 0.629. The maximum atomic E-state index is 12.7. The van der Waals surface area contributed by atoms with Gasteiger partial charge in [-0.3, -0.25) is 9.59 Å². The molecule has 0 aliphatic heterocycles. The van der Waals surface area contributed by atoms with Gasteiger partial charge < -0.3 is 18.8 Å². The van der Waals surface area contributed by atoms with Crippen LogP contribution in [0.3, 0.4) is 0 Å². The molecule has 0 aliphatic carbocycles. The molecular formula is C22H24N2O5S. The number of ether oxygens (including phenoxy) is 3. The number of thiazole rings is 1. The summed E-state index contributed by atoms with van der Waals surface area (Å²) in [4.78, 5) is 29.6. The van der Waals surface area contributed by atoms with Crippen molar-refractivity contribution in [1.82, 2.24) is 4.57 Å². The van der Waals surface area contributed by atoms with Gasteiger partial charge in [0.2, 0.25) is 0 Å². The summed E-state index contributed by atoms with van der Waals surface area (Å²) in [5, 5.41) is 0. The van der Waals surface area contributed by atoms with Crippen molar-refractivity contribution >= 4 is 33.4 Å². The van der Waals surface area contributed by atoms with Crippen molar-refractivity contribution < 1.29 is 23.8 Å². The second kappa shape index (κ2) is 10.1. The van der Waals surface area contributed by atoms with E-state index >= 15 is 0 Å². The fourth-order valence-electron chi connectivity index (χ4n) is 2.90. The Morgan fingerprint density at radius 3 is 2.27 bits per heavy atom. The highest BCUT2D eigenvalue weighted by Crippen LogP contribution is 2.24. The Kier molecular flexibility index (Phi) is 7.24. The van der Waals surface area contributed by atoms with Crippen molar-refractivity contribution in [3.05, 3.63) is 52.8 Å². The zero-order chi connectivity index (χ0) is 21.5. The zero-order valence-corrected chi connectivity index (χ0v) is 18.0. The molecule has 1 amide bonds. The maximum Gasteiger partial charge on any atom is 0.326 e. The Labute approximate surface area is 178 Å². The van der Waals surface area contributed by atoms with E-state index in [0.29, 0.717) is 29.3 Å². The van der Waals surface area contributed by atoms with Gasteiger partial charge in [0.25, 0.3) is 5.91 Å². The van der Waals surface area contributed by atoms with Crippen LogP contribution in [0.1, 0.15) is 31.1 Å². The average molecular weight is 429 g/mol. The number of esters is 1. The molecule has 0 N–H and O–H groups in total. The number of nitrogens with zero attached hydrogens (tertiary/aromatic N) is 2. The minimum Gasteiger partial charge on any atom is -0.494 e. The Bertz CT molecular complexity index is 1100. The molecule has 0 unspecified atom stereocenters. The first-order valence-electron chi connectivity index (χ1n) is 9.79. The summed E-state index contributed by atoms with van der Waals surface area (Å²) in [5.41, 5.74) is 1.23. The van der Waals surface area contributed by atoms with Crippen LogP contribution in [-0.2, 0) is 16.1 Å². The van der Waals surface area contributed by atoms with Crippen LogP contribution in [0.15, 0.2) is 47.5 Å². The van der Waals surface area contributed by atoms with E-state index in [1.54, 1.807) is 35.8 Å². The Hall–Kier alpha value is -3.13. The number of aromatic nitrogens is 1. The van der Waals surface area contributed by atoms with Crippen LogP contribution in [0.25, 0.3) is 10.2 Å². The molecule has 0 aliphatic rings. The normalized spacial score (nSPS) is 11.5. The summed E-state index contributed by atoms with van der Waals surface area (Å²) in [6.07, 6.45) is 0. The fourth-order valence-corrected chi connectivity index (χ4v) is 3.95. The highest BCUT2D eigenvalue weighted by atomic mass is 32.1. The van der Waals surface area contributed by atoms with E-state index in [1.165, 1.54) is 11.3 Å². The van der Waals surface area contributed by atoms with Crippen LogP contribution in [0, 0.1) is 0 Å². The van der Waals surface area contributed by atoms with E-state index in [9.17, 15) is 9.59 Å². The van der Waals surface area contributed by atoms with E-state index in [0.717, 1.165) is 16.0 Å². The summed E-state index contributed by atoms with van der Waals surface area (Å²) in [6.45, 7) is 6.92. The molecule has 2 aromatic carbocycles. The lowest BCUT2D eigenvalue weighted by Gasteiger charge is -2.06. The van der Waals surface area contributed by atoms with Crippen molar-refractivity contribution in [2.24, 2.45) is 4.99 Å². The molecule has 0 atom stereocenters. The number of hydrogen-bond donors (Lipinski definition) is 0. The molecule has 0 saturated heterocycles. The first-order valence-corrected chi connectivity index (χ1v) is 10.6. The number of hydrogen-bond acceptors (Lipinski definition) is 6. The number of carbonyl (C=O) groups excluding carboxylic acids is 2. The Balaban J connectivity index is 2.02. The molecule has 3 rings (SSSR count). The van der Waals surface area contributed by atoms with Crippen LogP contribution >= 0.6 is 11.3 Å². The molecule has 0 fully saturated rings. The first-order chi connectivity index (χ1) is 14.5. The van der Waals surface area contributed by atoms with E-state index in [1.807, 2.05) is 32.0 Å². The molecule has 0 spiro atoms. The summed E-state index contributed by atoms with van der Waals surface area (Å²) < 4.78 is 18.6. The molecule has 3 aromatic rings. The molecular weight excluding hydrogens is 404 g/mol. The molecule has 1 heterocycles. The minimum absolute atomic E-state index is 0.0305. The van der Waals surface area contributed by atoms with Gasteiger partial charge in [0.15, 0.2) is 4.80 Å². The number of carbonyl (C=O) groups is 2. The van der Waals surface area contributed by atoms with Crippen LogP contribution in [0.2, 0.25) is 0 Å². The number of benzene rings is 2. The zero-order valence-electron chi connectivity index (χ0n) is 17.2. The van der Waals surface area contributed by atoms with E-state index in [-0.39, 0.29) is 19.1 Å². The SMILES string of the molecule is CCOC(=O)Cn1c(=NC(=O)c2ccc(OCC)cc2)sc2cc(OCC)ccc21. The van der Waals surface area contributed by atoms with Gasteiger partial charge in [-0.05, 0) is 63.2 Å². The minimum atomic E-state index is -0.396. The topological polar surface area (TPSA) is 79.1 Å². The number of fused-ring (bicyclic) bond motifs is 1. The Morgan fingerprint density at radius 2 is 1.60 bits per heavy atom. The monoisotopic (exact) mass is 428 g/mol. The molecule has 158 valence electrons. The lowest BCUT2D eigenvalue weighted by Crippen LogP contribution is -2.23. The molecule has 30 heavy (non-hydrogen) atoms. The predicted octanol–water partition coefficient (Wildman–Crippen LogP) is 3.80. The van der Waals surface area contributed by atoms with Gasteiger partial charge >= 0.3 is 5.97 Å². The third-order valence-corrected chi connectivity index (χ3v) is 5.21. The summed E-state index contributed by atoms with van der Waals surface area (Å²) >= 11 is 1.32. The van der Waals surface area contributed by atoms with Crippen LogP contribution in [0.5, 0.6) is 11.5 Å². The Morgan fingerprint density at radius 1 is 0.933 bits per heavy atom. The van der Waals surface area contributed by atoms with Crippen molar-refractivity contribution in [2.45, 2.75) is 27.3 Å². The standard InChI is InChI=1S/C22H24N2O5S/c1-4-27-16-9-7-15(8-10-16)21(26)23-22-24(14-20(25)29-6-3)18-12-11-17(28-5-2)13-19(18)30-22/h7-13H,4-6,14H2,1-3H3. The lowest BCUT2D eigenvalue weighted by atomic mass is 10.2. The van der Waals surface area contributed by atoms with Gasteiger partial charge in [0, 0.05) is 5.56 Å². The van der Waals surface area contributed by atoms with Gasteiger partial charge in [0.1, 0.15) is 18.0 Å². The third kappa shape index (κ3) is 5.07. The van der Waals surface area contributed by atoms with Crippen molar-refractivity contribution in [2.75, 3.05) is 19.8 Å². The number of amides is 1. The molecule has 0 radical (unpaired) electrons. The number of rotatable bonds is 8. The van der Waals surface area contributed by atoms with E-state index in [2.05, 4.69) is 4.99 Å². The second-order valence-corrected chi connectivity index (χ2v) is 7.22. The van der Waals surface area contributed by atoms with Crippen molar-refractivity contribution in [3.63, 3.8) is 0 Å². The fraction of sp³-hybridized carbons (Fsp3) is 0.318. The van der Waals surface area contributed by atoms with E-state index in [4.69, 9.17) is 14.2 Å². The summed E-state index contributed by atoms with van der Waals surface area (Å²) in [7, 11) is 0. The second-order valence-electron chi connectivity index (χ2n) is 6.21. The third-order valence-electron chi connectivity index (χ3n) is 4.17. The lowest BCUT2D eigenvalue weighted by molar-refractivity contribution is -0.143. The smallest absolute Gasteiger partial charge is 0.326 e. The maximum absolute atomic E-state index is 12.7. The van der Waals surface area contributed by atoms with Crippen molar-refractivity contribution in [3.8, 4) is 11.5 Å². The molecule has 7 nitrogen and oxygen atoms in total. The van der Waals surface area contributed by atoms with Gasteiger partial charge in [-0.15, -0.1) is 0 Å².